The zero-order valence-electron chi connectivity index (χ0n) is 27.9. The van der Waals surface area contributed by atoms with Crippen molar-refractivity contribution in [2.45, 2.75) is 45.7 Å². The van der Waals surface area contributed by atoms with E-state index in [9.17, 15) is 56.3 Å². The summed E-state index contributed by atoms with van der Waals surface area (Å²) in [5.41, 5.74) is 9.42. The van der Waals surface area contributed by atoms with E-state index in [1.165, 1.54) is 24.2 Å². The Balaban J connectivity index is 0. The van der Waals surface area contributed by atoms with Crippen molar-refractivity contribution in [3.8, 4) is 0 Å². The molecule has 0 atom stereocenters. The van der Waals surface area contributed by atoms with Crippen molar-refractivity contribution in [1.29, 1.82) is 0 Å². The summed E-state index contributed by atoms with van der Waals surface area (Å²) in [7, 11) is 2.32. The van der Waals surface area contributed by atoms with Crippen molar-refractivity contribution in [2.24, 2.45) is 11.5 Å². The standard InChI is InChI=1S/C9H13NO2.C8H7F3N2O3.C6H5NO4.C4H11NO.C2H5NO2/c1-2-3-4-7-10-8(11)5-6-9(10)12;9-8(10,11)7(16)12-3-4-13-5(14)1-2-6(13)15;1-11-6(10)7-4(8)2-3-5(7)9;1-2-3-6-4-5;1-5-2(3)4/h5-6H,2-4,7H2,1H3;1-2H,3-4H2,(H,12,16);2-3H,1H3;2-5H2,1H3;1H3,(H2,3,4). The molecule has 0 aromatic heterocycles. The number of ether oxygens (including phenoxy) is 3. The van der Waals surface area contributed by atoms with Crippen LogP contribution in [0.25, 0.3) is 0 Å². The van der Waals surface area contributed by atoms with Crippen LogP contribution in [0.15, 0.2) is 36.5 Å². The van der Waals surface area contributed by atoms with Crippen molar-refractivity contribution in [1.82, 2.24) is 20.0 Å². The van der Waals surface area contributed by atoms with E-state index in [0.717, 1.165) is 68.6 Å². The number of rotatable bonds is 10. The predicted molar refractivity (Wildman–Crippen MR) is 166 cm³/mol. The van der Waals surface area contributed by atoms with Crippen molar-refractivity contribution in [3.63, 3.8) is 0 Å². The highest BCUT2D eigenvalue weighted by atomic mass is 19.4. The molecule has 0 aromatic carbocycles. The molecule has 280 valence electrons. The first-order valence-corrected chi connectivity index (χ1v) is 14.6. The molecule has 9 amide bonds. The summed E-state index contributed by atoms with van der Waals surface area (Å²) in [5, 5.41) is 1.55. The number of hydrogen-bond donors (Lipinski definition) is 3. The molecule has 3 aliphatic heterocycles. The number of carbonyl (C=O) groups is 9. The first-order valence-electron chi connectivity index (χ1n) is 14.6. The first-order chi connectivity index (χ1) is 23.4. The number of carbonyl (C=O) groups excluding carboxylic acids is 9. The molecular formula is C29H41F3N6O12. The molecule has 3 rings (SSSR count). The van der Waals surface area contributed by atoms with Gasteiger partial charge >= 0.3 is 24.3 Å². The fourth-order valence-corrected chi connectivity index (χ4v) is 3.10. The Bertz CT molecular complexity index is 1240. The van der Waals surface area contributed by atoms with E-state index in [1.54, 1.807) is 5.32 Å². The van der Waals surface area contributed by atoms with Gasteiger partial charge in [0.1, 0.15) is 0 Å². The number of unbranched alkanes of at least 4 members (excludes halogenated alkanes) is 2. The highest BCUT2D eigenvalue weighted by Gasteiger charge is 2.38. The molecule has 21 heteroatoms. The number of methoxy groups -OCH3 is 2. The monoisotopic (exact) mass is 722 g/mol. The number of imide groups is 5. The van der Waals surface area contributed by atoms with E-state index < -0.39 is 54.4 Å². The summed E-state index contributed by atoms with van der Waals surface area (Å²) >= 11 is 0. The minimum atomic E-state index is -4.96. The highest BCUT2D eigenvalue weighted by Crippen LogP contribution is 2.14. The molecule has 0 aliphatic carbocycles. The number of nitrogens with zero attached hydrogens (tertiary/aromatic N) is 3. The summed E-state index contributed by atoms with van der Waals surface area (Å²) in [6.45, 7) is 5.13. The Morgan fingerprint density at radius 1 is 0.720 bits per heavy atom. The molecule has 0 fully saturated rings. The number of alkyl halides is 3. The van der Waals surface area contributed by atoms with Gasteiger partial charge in [-0.2, -0.15) is 18.1 Å². The number of nitrogens with two attached hydrogens (primary N) is 2. The van der Waals surface area contributed by atoms with Crippen molar-refractivity contribution in [2.75, 3.05) is 47.2 Å². The summed E-state index contributed by atoms with van der Waals surface area (Å²) in [6, 6.07) is 0. The minimum absolute atomic E-state index is 0.170. The zero-order chi connectivity index (χ0) is 38.9. The minimum Gasteiger partial charge on any atom is -0.453 e. The number of halogens is 3. The van der Waals surface area contributed by atoms with E-state index in [-0.39, 0.29) is 18.4 Å². The molecule has 3 aliphatic rings. The van der Waals surface area contributed by atoms with Crippen LogP contribution in [0, 0.1) is 0 Å². The van der Waals surface area contributed by atoms with Crippen LogP contribution in [0.2, 0.25) is 0 Å². The number of nitrogens with one attached hydrogen (secondary N) is 1. The van der Waals surface area contributed by atoms with Gasteiger partial charge in [0, 0.05) is 62.7 Å². The maximum absolute atomic E-state index is 11.7. The molecule has 5 N–H and O–H groups in total. The van der Waals surface area contributed by atoms with Gasteiger partial charge in [0.05, 0.1) is 21.0 Å². The van der Waals surface area contributed by atoms with Gasteiger partial charge in [0.25, 0.3) is 35.4 Å². The molecule has 0 spiro atoms. The van der Waals surface area contributed by atoms with Gasteiger partial charge in [-0.25, -0.2) is 9.59 Å². The molecule has 0 bridgehead atoms. The fourth-order valence-electron chi connectivity index (χ4n) is 3.10. The third-order valence-electron chi connectivity index (χ3n) is 5.50. The van der Waals surface area contributed by atoms with Crippen LogP contribution in [0.3, 0.4) is 0 Å². The van der Waals surface area contributed by atoms with Gasteiger partial charge in [-0.3, -0.25) is 43.4 Å². The molecule has 0 saturated carbocycles. The molecular weight excluding hydrogens is 681 g/mol. The van der Waals surface area contributed by atoms with E-state index in [1.807, 2.05) is 0 Å². The Kier molecular flexibility index (Phi) is 23.9. The molecule has 0 saturated heterocycles. The van der Waals surface area contributed by atoms with Crippen molar-refractivity contribution in [3.05, 3.63) is 36.5 Å². The number of hydrogen-bond acceptors (Lipinski definition) is 13. The lowest BCUT2D eigenvalue weighted by molar-refractivity contribution is -0.173. The van der Waals surface area contributed by atoms with E-state index >= 15 is 0 Å². The van der Waals surface area contributed by atoms with Crippen molar-refractivity contribution < 1.29 is 70.5 Å². The van der Waals surface area contributed by atoms with Gasteiger partial charge in [0.2, 0.25) is 0 Å². The van der Waals surface area contributed by atoms with Gasteiger partial charge in [-0.1, -0.05) is 26.7 Å². The SMILES string of the molecule is CCCCCN1C(=O)C=CC1=O.CCCOCN.COC(=O)N1C(=O)C=CC1=O.COC(N)=O.O=C1C=CC(=O)N1CCNC(=O)C(F)(F)F. The topological polar surface area (TPSA) is 255 Å². The quantitative estimate of drug-likeness (QED) is 0.157. The molecule has 0 unspecified atom stereocenters. The van der Waals surface area contributed by atoms with Crippen molar-refractivity contribution >= 4 is 53.5 Å². The van der Waals surface area contributed by atoms with Crippen LogP contribution in [-0.2, 0) is 47.8 Å². The number of primary amides is 1. The number of amides is 9. The average molecular weight is 723 g/mol. The molecule has 0 radical (unpaired) electrons. The van der Waals surface area contributed by atoms with Crippen LogP contribution >= 0.6 is 0 Å². The Hall–Kier alpha value is -5.44. The van der Waals surface area contributed by atoms with Gasteiger partial charge in [-0.05, 0) is 12.8 Å². The van der Waals surface area contributed by atoms with Crippen LogP contribution in [0.1, 0.15) is 39.5 Å². The fraction of sp³-hybridized carbons (Fsp3) is 0.483. The van der Waals surface area contributed by atoms with Crippen LogP contribution in [0.4, 0.5) is 22.8 Å². The van der Waals surface area contributed by atoms with Gasteiger partial charge < -0.3 is 31.0 Å². The third-order valence-corrected chi connectivity index (χ3v) is 5.50. The maximum atomic E-state index is 11.7. The Morgan fingerprint density at radius 2 is 1.14 bits per heavy atom. The summed E-state index contributed by atoms with van der Waals surface area (Å²) in [6.07, 6.45) is 4.17. The lowest BCUT2D eigenvalue weighted by Gasteiger charge is -2.14. The highest BCUT2D eigenvalue weighted by molar-refractivity contribution is 6.21. The summed E-state index contributed by atoms with van der Waals surface area (Å²) in [4.78, 5) is 98.1. The molecule has 3 heterocycles. The maximum Gasteiger partial charge on any atom is 0.471 e. The lowest BCUT2D eigenvalue weighted by Crippen LogP contribution is -2.42. The third kappa shape index (κ3) is 19.4. The second-order valence-corrected chi connectivity index (χ2v) is 9.20. The smallest absolute Gasteiger partial charge is 0.453 e. The first kappa shape index (κ1) is 46.7. The molecule has 50 heavy (non-hydrogen) atoms. The lowest BCUT2D eigenvalue weighted by atomic mass is 10.2. The van der Waals surface area contributed by atoms with E-state index in [2.05, 4.69) is 29.1 Å². The zero-order valence-corrected chi connectivity index (χ0v) is 27.9. The summed E-state index contributed by atoms with van der Waals surface area (Å²) in [5.74, 6) is -4.98. The average Bonchev–Trinajstić information content (AvgIpc) is 3.70. The normalized spacial score (nSPS) is 14.2. The Morgan fingerprint density at radius 3 is 1.46 bits per heavy atom. The van der Waals surface area contributed by atoms with Crippen LogP contribution in [0.5, 0.6) is 0 Å². The summed E-state index contributed by atoms with van der Waals surface area (Å²) < 4.78 is 48.0. The molecule has 18 nitrogen and oxygen atoms in total. The van der Waals surface area contributed by atoms with E-state index in [4.69, 9.17) is 10.5 Å². The van der Waals surface area contributed by atoms with Crippen LogP contribution < -0.4 is 16.8 Å². The second-order valence-electron chi connectivity index (χ2n) is 9.20. The second kappa shape index (κ2) is 25.6. The largest absolute Gasteiger partial charge is 0.471 e. The van der Waals surface area contributed by atoms with Crippen LogP contribution in [-0.4, -0.2) is 122 Å². The van der Waals surface area contributed by atoms with E-state index in [0.29, 0.717) is 18.2 Å². The Labute approximate surface area is 285 Å². The predicted octanol–water partition coefficient (Wildman–Crippen LogP) is 0.410. The van der Waals surface area contributed by atoms with Gasteiger partial charge in [0.15, 0.2) is 0 Å². The molecule has 0 aromatic rings. The van der Waals surface area contributed by atoms with Gasteiger partial charge in [-0.15, -0.1) is 0 Å².